The molecule has 0 aliphatic carbocycles. The number of esters is 1. The molecule has 5 nitrogen and oxygen atoms in total. The van der Waals surface area contributed by atoms with Crippen molar-refractivity contribution in [1.82, 2.24) is 0 Å². The van der Waals surface area contributed by atoms with Crippen LogP contribution < -0.4 is 10.2 Å². The molecule has 0 unspecified atom stereocenters. The zero-order valence-corrected chi connectivity index (χ0v) is 21.6. The number of benzene rings is 2. The molecule has 1 N–H and O–H groups in total. The fraction of sp³-hybridized carbons (Fsp3) is 0.429. The molecule has 2 rings (SSSR count). The van der Waals surface area contributed by atoms with Gasteiger partial charge >= 0.3 is 5.97 Å². The molecular weight excluding hydrogens is 448 g/mol. The third kappa shape index (κ3) is 8.86. The van der Waals surface area contributed by atoms with Crippen LogP contribution in [-0.2, 0) is 20.7 Å². The molecule has 0 saturated carbocycles. The second-order valence-electron chi connectivity index (χ2n) is 8.36. The number of unbranched alkanes of at least 4 members (excludes halogenated alkanes) is 2. The fourth-order valence-electron chi connectivity index (χ4n) is 3.63. The van der Waals surface area contributed by atoms with Gasteiger partial charge in [-0.1, -0.05) is 56.5 Å². The molecule has 34 heavy (non-hydrogen) atoms. The average Bonchev–Trinajstić information content (AvgIpc) is 2.81. The Morgan fingerprint density at radius 3 is 2.24 bits per heavy atom. The van der Waals surface area contributed by atoms with Crippen molar-refractivity contribution in [2.75, 3.05) is 29.9 Å². The second kappa shape index (κ2) is 14.5. The van der Waals surface area contributed by atoms with E-state index in [1.165, 1.54) is 6.08 Å². The lowest BCUT2D eigenvalue weighted by molar-refractivity contribution is -0.137. The minimum atomic E-state index is -0.370. The number of ether oxygens (including phenoxy) is 1. The first-order valence-corrected chi connectivity index (χ1v) is 12.5. The summed E-state index contributed by atoms with van der Waals surface area (Å²) in [5, 5.41) is 3.77. The number of allylic oxidation sites excluding steroid dienone is 1. The standard InChI is InChI=1S/C28H37ClN2O3/c1-5-8-16-31(17-9-6-2)26-15-12-23(21(4)18-28(33)34-7-3)20-25(26)30-27(32)19-22-10-13-24(29)14-11-22/h10-15,18,20H,5-9,16-17,19H2,1-4H3,(H,30,32)/b21-18+. The van der Waals surface area contributed by atoms with E-state index in [9.17, 15) is 9.59 Å². The minimum Gasteiger partial charge on any atom is -0.463 e. The molecule has 0 heterocycles. The quantitative estimate of drug-likeness (QED) is 0.248. The molecule has 0 aromatic heterocycles. The Hall–Kier alpha value is -2.79. The van der Waals surface area contributed by atoms with Crippen LogP contribution in [0.1, 0.15) is 64.5 Å². The van der Waals surface area contributed by atoms with E-state index in [0.29, 0.717) is 11.6 Å². The minimum absolute atomic E-state index is 0.0984. The number of carbonyl (C=O) groups excluding carboxylic acids is 2. The normalized spacial score (nSPS) is 11.3. The first kappa shape index (κ1) is 27.5. The van der Waals surface area contributed by atoms with Gasteiger partial charge in [0.2, 0.25) is 5.91 Å². The molecule has 0 atom stereocenters. The van der Waals surface area contributed by atoms with Gasteiger partial charge in [0.1, 0.15) is 0 Å². The smallest absolute Gasteiger partial charge is 0.331 e. The Kier molecular flexibility index (Phi) is 11.7. The Labute approximate surface area is 209 Å². The van der Waals surface area contributed by atoms with Crippen molar-refractivity contribution < 1.29 is 14.3 Å². The molecule has 6 heteroatoms. The van der Waals surface area contributed by atoms with Crippen LogP contribution in [0.5, 0.6) is 0 Å². The second-order valence-corrected chi connectivity index (χ2v) is 8.79. The van der Waals surface area contributed by atoms with Gasteiger partial charge in [0.15, 0.2) is 0 Å². The number of nitrogens with zero attached hydrogens (tertiary/aromatic N) is 1. The van der Waals surface area contributed by atoms with E-state index in [1.54, 1.807) is 19.1 Å². The number of carbonyl (C=O) groups is 2. The topological polar surface area (TPSA) is 58.6 Å². The number of rotatable bonds is 13. The molecule has 2 aromatic rings. The van der Waals surface area contributed by atoms with Crippen molar-refractivity contribution in [2.45, 2.75) is 59.8 Å². The summed E-state index contributed by atoms with van der Waals surface area (Å²) < 4.78 is 5.05. The lowest BCUT2D eigenvalue weighted by atomic mass is 10.0. The van der Waals surface area contributed by atoms with Crippen molar-refractivity contribution in [3.05, 3.63) is 64.7 Å². The van der Waals surface area contributed by atoms with E-state index in [1.807, 2.05) is 37.3 Å². The highest BCUT2D eigenvalue weighted by molar-refractivity contribution is 6.30. The molecule has 0 aliphatic heterocycles. The summed E-state index contributed by atoms with van der Waals surface area (Å²) in [6, 6.07) is 13.3. The van der Waals surface area contributed by atoms with Gasteiger partial charge in [0, 0.05) is 24.2 Å². The molecule has 2 aromatic carbocycles. The van der Waals surface area contributed by atoms with Gasteiger partial charge in [-0.15, -0.1) is 0 Å². The predicted molar refractivity (Wildman–Crippen MR) is 143 cm³/mol. The van der Waals surface area contributed by atoms with Crippen LogP contribution in [-0.4, -0.2) is 31.6 Å². The molecule has 0 radical (unpaired) electrons. The summed E-state index contributed by atoms with van der Waals surface area (Å²) in [7, 11) is 0. The number of hydrogen-bond acceptors (Lipinski definition) is 4. The van der Waals surface area contributed by atoms with Crippen LogP contribution in [0, 0.1) is 0 Å². The van der Waals surface area contributed by atoms with Crippen LogP contribution in [0.4, 0.5) is 11.4 Å². The third-order valence-electron chi connectivity index (χ3n) is 5.53. The Bertz CT molecular complexity index is 962. The highest BCUT2D eigenvalue weighted by Crippen LogP contribution is 2.31. The van der Waals surface area contributed by atoms with Crippen molar-refractivity contribution in [2.24, 2.45) is 0 Å². The summed E-state index contributed by atoms with van der Waals surface area (Å²) in [6.45, 7) is 10.2. The van der Waals surface area contributed by atoms with E-state index < -0.39 is 0 Å². The van der Waals surface area contributed by atoms with Gasteiger partial charge in [-0.3, -0.25) is 4.79 Å². The summed E-state index contributed by atoms with van der Waals surface area (Å²) in [4.78, 5) is 27.3. The van der Waals surface area contributed by atoms with E-state index >= 15 is 0 Å². The molecule has 0 spiro atoms. The van der Waals surface area contributed by atoms with Gasteiger partial charge in [-0.05, 0) is 67.7 Å². The Morgan fingerprint density at radius 2 is 1.65 bits per heavy atom. The number of nitrogens with one attached hydrogen (secondary N) is 1. The van der Waals surface area contributed by atoms with Gasteiger partial charge in [-0.25, -0.2) is 4.79 Å². The average molecular weight is 485 g/mol. The van der Waals surface area contributed by atoms with Gasteiger partial charge in [0.25, 0.3) is 0 Å². The summed E-state index contributed by atoms with van der Waals surface area (Å²) in [6.07, 6.45) is 6.09. The van der Waals surface area contributed by atoms with Crippen molar-refractivity contribution in [3.8, 4) is 0 Å². The SMILES string of the molecule is CCCCN(CCCC)c1ccc(/C(C)=C/C(=O)OCC)cc1NC(=O)Cc1ccc(Cl)cc1. The maximum absolute atomic E-state index is 13.0. The van der Waals surface area contributed by atoms with E-state index in [0.717, 1.165) is 66.8 Å². The highest BCUT2D eigenvalue weighted by atomic mass is 35.5. The fourth-order valence-corrected chi connectivity index (χ4v) is 3.76. The van der Waals surface area contributed by atoms with E-state index in [2.05, 4.69) is 24.1 Å². The van der Waals surface area contributed by atoms with Crippen molar-refractivity contribution >= 4 is 40.4 Å². The molecule has 0 saturated heterocycles. The first-order valence-electron chi connectivity index (χ1n) is 12.2. The summed E-state index contributed by atoms with van der Waals surface area (Å²) in [5.74, 6) is -0.469. The number of hydrogen-bond donors (Lipinski definition) is 1. The highest BCUT2D eigenvalue weighted by Gasteiger charge is 2.15. The maximum atomic E-state index is 13.0. The molecule has 184 valence electrons. The Morgan fingerprint density at radius 1 is 1.00 bits per heavy atom. The lowest BCUT2D eigenvalue weighted by Gasteiger charge is -2.28. The Balaban J connectivity index is 2.37. The molecular formula is C28H37ClN2O3. The van der Waals surface area contributed by atoms with Crippen LogP contribution in [0.2, 0.25) is 5.02 Å². The van der Waals surface area contributed by atoms with E-state index in [-0.39, 0.29) is 18.3 Å². The van der Waals surface area contributed by atoms with Crippen molar-refractivity contribution in [3.63, 3.8) is 0 Å². The van der Waals surface area contributed by atoms with Gasteiger partial charge < -0.3 is 15.0 Å². The zero-order chi connectivity index (χ0) is 24.9. The third-order valence-corrected chi connectivity index (χ3v) is 5.78. The van der Waals surface area contributed by atoms with Crippen LogP contribution in [0.3, 0.4) is 0 Å². The van der Waals surface area contributed by atoms with E-state index in [4.69, 9.17) is 16.3 Å². The number of halogens is 1. The monoisotopic (exact) mass is 484 g/mol. The summed E-state index contributed by atoms with van der Waals surface area (Å²) in [5.41, 5.74) is 4.29. The zero-order valence-electron chi connectivity index (χ0n) is 20.8. The molecule has 0 bridgehead atoms. The number of amides is 1. The lowest BCUT2D eigenvalue weighted by Crippen LogP contribution is -2.27. The predicted octanol–water partition coefficient (Wildman–Crippen LogP) is 6.89. The number of anilines is 2. The van der Waals surface area contributed by atoms with Crippen LogP contribution in [0.25, 0.3) is 5.57 Å². The molecule has 0 fully saturated rings. The molecule has 1 amide bonds. The van der Waals surface area contributed by atoms with Crippen molar-refractivity contribution in [1.29, 1.82) is 0 Å². The van der Waals surface area contributed by atoms with Crippen LogP contribution >= 0.6 is 11.6 Å². The van der Waals surface area contributed by atoms with Crippen LogP contribution in [0.15, 0.2) is 48.5 Å². The maximum Gasteiger partial charge on any atom is 0.331 e. The van der Waals surface area contributed by atoms with Gasteiger partial charge in [0.05, 0.1) is 24.4 Å². The largest absolute Gasteiger partial charge is 0.463 e. The van der Waals surface area contributed by atoms with Gasteiger partial charge in [-0.2, -0.15) is 0 Å². The summed E-state index contributed by atoms with van der Waals surface area (Å²) >= 11 is 5.98. The first-order chi connectivity index (χ1) is 16.4. The molecule has 0 aliphatic rings.